The molecule has 0 bridgehead atoms. The molecule has 5 heteroatoms. The fourth-order valence-electron chi connectivity index (χ4n) is 1.20. The summed E-state index contributed by atoms with van der Waals surface area (Å²) < 4.78 is 4.81. The maximum atomic E-state index is 9.49. The van der Waals surface area contributed by atoms with Crippen LogP contribution in [0.3, 0.4) is 0 Å². The minimum Gasteiger partial charge on any atom is -0.388 e. The standard InChI is InChI=1S/C7H14O5/c1-2-7(11)6(10)5(9)4(8)3-12-7/h4-6,8-11H,2-3H2,1H3/t4-,5+,6?,7-/m1/s1. The summed E-state index contributed by atoms with van der Waals surface area (Å²) in [6, 6.07) is 0. The molecule has 1 unspecified atom stereocenters. The van der Waals surface area contributed by atoms with Crippen molar-refractivity contribution in [2.45, 2.75) is 37.4 Å². The maximum Gasteiger partial charge on any atom is 0.194 e. The monoisotopic (exact) mass is 178 g/mol. The summed E-state index contributed by atoms with van der Waals surface area (Å²) in [4.78, 5) is 0. The summed E-state index contributed by atoms with van der Waals surface area (Å²) >= 11 is 0. The lowest BCUT2D eigenvalue weighted by atomic mass is 9.95. The highest BCUT2D eigenvalue weighted by molar-refractivity contribution is 4.90. The average Bonchev–Trinajstić information content (AvgIpc) is 2.09. The van der Waals surface area contributed by atoms with Crippen molar-refractivity contribution in [1.29, 1.82) is 0 Å². The highest BCUT2D eigenvalue weighted by Crippen LogP contribution is 2.26. The van der Waals surface area contributed by atoms with Crippen molar-refractivity contribution in [1.82, 2.24) is 0 Å². The van der Waals surface area contributed by atoms with Crippen molar-refractivity contribution in [2.75, 3.05) is 6.61 Å². The summed E-state index contributed by atoms with van der Waals surface area (Å²) in [6.07, 6.45) is -3.76. The van der Waals surface area contributed by atoms with Crippen LogP contribution in [0.4, 0.5) is 0 Å². The second-order valence-electron chi connectivity index (χ2n) is 3.01. The molecular weight excluding hydrogens is 164 g/mol. The minimum atomic E-state index is -1.72. The first-order valence-electron chi connectivity index (χ1n) is 3.92. The van der Waals surface area contributed by atoms with Crippen LogP contribution < -0.4 is 0 Å². The van der Waals surface area contributed by atoms with Crippen LogP contribution in [-0.4, -0.2) is 51.1 Å². The van der Waals surface area contributed by atoms with Gasteiger partial charge in [-0.15, -0.1) is 0 Å². The van der Waals surface area contributed by atoms with Crippen molar-refractivity contribution in [3.05, 3.63) is 0 Å². The Labute approximate surface area is 70.2 Å². The molecule has 72 valence electrons. The number of hydrogen-bond donors (Lipinski definition) is 4. The zero-order valence-corrected chi connectivity index (χ0v) is 6.84. The van der Waals surface area contributed by atoms with Gasteiger partial charge in [-0.2, -0.15) is 0 Å². The van der Waals surface area contributed by atoms with E-state index in [1.165, 1.54) is 0 Å². The van der Waals surface area contributed by atoms with Gasteiger partial charge < -0.3 is 25.2 Å². The van der Waals surface area contributed by atoms with E-state index in [-0.39, 0.29) is 13.0 Å². The molecule has 0 aromatic carbocycles. The first-order valence-corrected chi connectivity index (χ1v) is 3.92. The van der Waals surface area contributed by atoms with Crippen molar-refractivity contribution < 1.29 is 25.2 Å². The molecule has 0 aliphatic carbocycles. The third-order valence-corrected chi connectivity index (χ3v) is 2.19. The lowest BCUT2D eigenvalue weighted by Crippen LogP contribution is -2.60. The van der Waals surface area contributed by atoms with Gasteiger partial charge in [-0.25, -0.2) is 0 Å². The van der Waals surface area contributed by atoms with E-state index < -0.39 is 24.1 Å². The molecule has 1 saturated heterocycles. The van der Waals surface area contributed by atoms with Crippen molar-refractivity contribution in [3.63, 3.8) is 0 Å². The minimum absolute atomic E-state index is 0.164. The van der Waals surface area contributed by atoms with Crippen LogP contribution in [0.25, 0.3) is 0 Å². The van der Waals surface area contributed by atoms with E-state index in [2.05, 4.69) is 0 Å². The number of rotatable bonds is 1. The quantitative estimate of drug-likeness (QED) is 0.380. The molecule has 4 N–H and O–H groups in total. The van der Waals surface area contributed by atoms with E-state index in [0.717, 1.165) is 0 Å². The molecule has 12 heavy (non-hydrogen) atoms. The van der Waals surface area contributed by atoms with E-state index in [0.29, 0.717) is 0 Å². The molecule has 1 aliphatic rings. The third-order valence-electron chi connectivity index (χ3n) is 2.19. The smallest absolute Gasteiger partial charge is 0.194 e. The van der Waals surface area contributed by atoms with Crippen LogP contribution in [-0.2, 0) is 4.74 Å². The van der Waals surface area contributed by atoms with Crippen molar-refractivity contribution in [3.8, 4) is 0 Å². The average molecular weight is 178 g/mol. The number of ether oxygens (including phenoxy) is 1. The first kappa shape index (κ1) is 9.88. The molecule has 0 spiro atoms. The van der Waals surface area contributed by atoms with Gasteiger partial charge in [0.05, 0.1) is 6.61 Å². The predicted octanol–water partition coefficient (Wildman–Crippen LogP) is -1.80. The lowest BCUT2D eigenvalue weighted by molar-refractivity contribution is -0.321. The predicted molar refractivity (Wildman–Crippen MR) is 39.2 cm³/mol. The second-order valence-corrected chi connectivity index (χ2v) is 3.01. The third kappa shape index (κ3) is 1.46. The van der Waals surface area contributed by atoms with Gasteiger partial charge in [0.25, 0.3) is 0 Å². The van der Waals surface area contributed by atoms with Gasteiger partial charge in [-0.1, -0.05) is 6.92 Å². The molecule has 0 aromatic rings. The Kier molecular flexibility index (Phi) is 2.70. The molecular formula is C7H14O5. The van der Waals surface area contributed by atoms with Gasteiger partial charge in [0.2, 0.25) is 0 Å². The Morgan fingerprint density at radius 2 is 2.00 bits per heavy atom. The number of hydrogen-bond acceptors (Lipinski definition) is 5. The van der Waals surface area contributed by atoms with E-state index in [4.69, 9.17) is 9.84 Å². The highest BCUT2D eigenvalue weighted by Gasteiger charge is 2.46. The summed E-state index contributed by atoms with van der Waals surface area (Å²) in [5.41, 5.74) is 0. The zero-order valence-electron chi connectivity index (χ0n) is 6.84. The summed E-state index contributed by atoms with van der Waals surface area (Å²) in [6.45, 7) is 1.45. The second kappa shape index (κ2) is 3.27. The highest BCUT2D eigenvalue weighted by atomic mass is 16.6. The van der Waals surface area contributed by atoms with E-state index in [9.17, 15) is 15.3 Å². The molecule has 4 atom stereocenters. The van der Waals surface area contributed by atoms with Crippen molar-refractivity contribution >= 4 is 0 Å². The van der Waals surface area contributed by atoms with Crippen LogP contribution in [0.15, 0.2) is 0 Å². The molecule has 1 fully saturated rings. The molecule has 1 rings (SSSR count). The van der Waals surface area contributed by atoms with Gasteiger partial charge in [0.1, 0.15) is 18.3 Å². The van der Waals surface area contributed by atoms with E-state index >= 15 is 0 Å². The summed E-state index contributed by atoms with van der Waals surface area (Å²) in [7, 11) is 0. The Bertz CT molecular complexity index is 162. The topological polar surface area (TPSA) is 90.2 Å². The largest absolute Gasteiger partial charge is 0.388 e. The Morgan fingerprint density at radius 3 is 2.50 bits per heavy atom. The molecule has 5 nitrogen and oxygen atoms in total. The van der Waals surface area contributed by atoms with Gasteiger partial charge >= 0.3 is 0 Å². The maximum absolute atomic E-state index is 9.49. The summed E-state index contributed by atoms with van der Waals surface area (Å²) in [5.74, 6) is -1.72. The van der Waals surface area contributed by atoms with Gasteiger partial charge in [-0.05, 0) is 0 Å². The Balaban J connectivity index is 2.71. The van der Waals surface area contributed by atoms with Gasteiger partial charge in [0, 0.05) is 6.42 Å². The van der Waals surface area contributed by atoms with Crippen molar-refractivity contribution in [2.24, 2.45) is 0 Å². The Hall–Kier alpha value is -0.200. The SMILES string of the molecule is CC[C@@]1(O)OC[C@@H](O)[C@H](O)C1O. The number of aliphatic hydroxyl groups excluding tert-OH is 3. The first-order chi connectivity index (χ1) is 5.51. The Morgan fingerprint density at radius 1 is 1.42 bits per heavy atom. The normalized spacial score (nSPS) is 49.2. The van der Waals surface area contributed by atoms with Crippen LogP contribution >= 0.6 is 0 Å². The van der Waals surface area contributed by atoms with Gasteiger partial charge in [0.15, 0.2) is 5.79 Å². The van der Waals surface area contributed by atoms with Crippen LogP contribution in [0.5, 0.6) is 0 Å². The van der Waals surface area contributed by atoms with Crippen LogP contribution in [0, 0.1) is 0 Å². The van der Waals surface area contributed by atoms with E-state index in [1.807, 2.05) is 0 Å². The molecule has 1 aliphatic heterocycles. The summed E-state index contributed by atoms with van der Waals surface area (Å²) in [5, 5.41) is 37.0. The molecule has 0 saturated carbocycles. The fraction of sp³-hybridized carbons (Fsp3) is 1.00. The zero-order chi connectivity index (χ0) is 9.35. The molecule has 0 radical (unpaired) electrons. The number of aliphatic hydroxyl groups is 4. The van der Waals surface area contributed by atoms with E-state index in [1.54, 1.807) is 6.92 Å². The lowest BCUT2D eigenvalue weighted by Gasteiger charge is -2.41. The fourth-order valence-corrected chi connectivity index (χ4v) is 1.20. The van der Waals surface area contributed by atoms with Crippen LogP contribution in [0.2, 0.25) is 0 Å². The molecule has 0 aromatic heterocycles. The van der Waals surface area contributed by atoms with Gasteiger partial charge in [-0.3, -0.25) is 0 Å². The molecule has 0 amide bonds. The molecule has 1 heterocycles. The van der Waals surface area contributed by atoms with Crippen LogP contribution in [0.1, 0.15) is 13.3 Å².